The maximum atomic E-state index is 10.5. The molecule has 1 heterocycles. The predicted molar refractivity (Wildman–Crippen MR) is 61.7 cm³/mol. The molecule has 0 radical (unpaired) electrons. The van der Waals surface area contributed by atoms with Crippen molar-refractivity contribution in [1.82, 2.24) is 5.32 Å². The summed E-state index contributed by atoms with van der Waals surface area (Å²) in [5, 5.41) is 14.8. The van der Waals surface area contributed by atoms with Crippen LogP contribution in [-0.2, 0) is 11.2 Å². The first kappa shape index (κ1) is 10.5. The summed E-state index contributed by atoms with van der Waals surface area (Å²) >= 11 is 0. The van der Waals surface area contributed by atoms with E-state index in [1.54, 1.807) is 12.1 Å². The molecule has 1 aliphatic heterocycles. The van der Waals surface area contributed by atoms with Gasteiger partial charge in [0.05, 0.1) is 13.0 Å². The average Bonchev–Trinajstić information content (AvgIpc) is 2.73. The summed E-state index contributed by atoms with van der Waals surface area (Å²) in [6.07, 6.45) is 0.0550. The van der Waals surface area contributed by atoms with Gasteiger partial charge in [-0.05, 0) is 17.7 Å². The molecule has 0 saturated heterocycles. The second kappa shape index (κ2) is 4.65. The van der Waals surface area contributed by atoms with Crippen molar-refractivity contribution in [1.29, 1.82) is 0 Å². The third kappa shape index (κ3) is 2.73. The van der Waals surface area contributed by atoms with Gasteiger partial charge in [0, 0.05) is 12.2 Å². The van der Waals surface area contributed by atoms with Gasteiger partial charge in [0.15, 0.2) is 5.96 Å². The molecule has 84 valence electrons. The van der Waals surface area contributed by atoms with Crippen LogP contribution in [0, 0.1) is 0 Å². The van der Waals surface area contributed by atoms with Crippen LogP contribution < -0.4 is 10.6 Å². The lowest BCUT2D eigenvalue weighted by Crippen LogP contribution is -2.26. The Hall–Kier alpha value is -2.04. The Labute approximate surface area is 93.2 Å². The smallest absolute Gasteiger partial charge is 0.307 e. The Balaban J connectivity index is 1.98. The molecule has 0 fully saturated rings. The second-order valence-electron chi connectivity index (χ2n) is 3.55. The van der Waals surface area contributed by atoms with E-state index in [2.05, 4.69) is 15.6 Å². The van der Waals surface area contributed by atoms with Gasteiger partial charge in [0.1, 0.15) is 0 Å². The lowest BCUT2D eigenvalue weighted by molar-refractivity contribution is -0.136. The number of nitrogens with one attached hydrogen (secondary N) is 2. The molecule has 0 aromatic heterocycles. The number of benzene rings is 1. The number of aliphatic carboxylic acids is 1. The van der Waals surface area contributed by atoms with Crippen LogP contribution in [0.3, 0.4) is 0 Å². The highest BCUT2D eigenvalue weighted by Crippen LogP contribution is 2.10. The number of carboxylic acids is 1. The third-order valence-corrected chi connectivity index (χ3v) is 2.25. The lowest BCUT2D eigenvalue weighted by Gasteiger charge is -2.06. The molecule has 0 aliphatic carbocycles. The molecule has 1 aliphatic rings. The first-order valence-corrected chi connectivity index (χ1v) is 5.10. The molecule has 0 unspecified atom stereocenters. The quantitative estimate of drug-likeness (QED) is 0.699. The molecule has 0 spiro atoms. The summed E-state index contributed by atoms with van der Waals surface area (Å²) in [6, 6.07) is 7.29. The number of carboxylic acid groups (broad SMARTS) is 1. The highest BCUT2D eigenvalue weighted by Gasteiger charge is 2.05. The van der Waals surface area contributed by atoms with Crippen LogP contribution in [-0.4, -0.2) is 30.1 Å². The number of aliphatic imine (C=N–C) groups is 1. The Kier molecular flexibility index (Phi) is 3.05. The van der Waals surface area contributed by atoms with Gasteiger partial charge in [-0.15, -0.1) is 0 Å². The minimum absolute atomic E-state index is 0.0550. The Morgan fingerprint density at radius 1 is 1.44 bits per heavy atom. The number of nitrogens with zero attached hydrogens (tertiary/aromatic N) is 1. The van der Waals surface area contributed by atoms with Crippen LogP contribution in [0.5, 0.6) is 0 Å². The standard InChI is InChI=1S/C11H13N3O2/c15-10(16)7-8-1-3-9(4-2-8)14-11-12-5-6-13-11/h1-4H,5-7H2,(H,15,16)(H2,12,13,14). The van der Waals surface area contributed by atoms with E-state index in [-0.39, 0.29) is 6.42 Å². The van der Waals surface area contributed by atoms with E-state index in [1.807, 2.05) is 12.1 Å². The van der Waals surface area contributed by atoms with Crippen LogP contribution >= 0.6 is 0 Å². The van der Waals surface area contributed by atoms with Crippen molar-refractivity contribution in [2.45, 2.75) is 6.42 Å². The van der Waals surface area contributed by atoms with Crippen LogP contribution in [0.1, 0.15) is 5.56 Å². The van der Waals surface area contributed by atoms with Gasteiger partial charge in [0.25, 0.3) is 0 Å². The first-order valence-electron chi connectivity index (χ1n) is 5.10. The summed E-state index contributed by atoms with van der Waals surface area (Å²) in [6.45, 7) is 1.65. The molecule has 1 aromatic rings. The largest absolute Gasteiger partial charge is 0.481 e. The van der Waals surface area contributed by atoms with E-state index >= 15 is 0 Å². The van der Waals surface area contributed by atoms with Gasteiger partial charge >= 0.3 is 5.97 Å². The Morgan fingerprint density at radius 2 is 2.19 bits per heavy atom. The van der Waals surface area contributed by atoms with Crippen molar-refractivity contribution in [2.75, 3.05) is 18.4 Å². The zero-order chi connectivity index (χ0) is 11.4. The minimum atomic E-state index is -0.817. The molecule has 3 N–H and O–H groups in total. The third-order valence-electron chi connectivity index (χ3n) is 2.25. The number of hydrogen-bond donors (Lipinski definition) is 3. The Bertz CT molecular complexity index is 412. The van der Waals surface area contributed by atoms with Gasteiger partial charge in [-0.2, -0.15) is 0 Å². The summed E-state index contributed by atoms with van der Waals surface area (Å²) in [4.78, 5) is 14.7. The van der Waals surface area contributed by atoms with E-state index in [1.165, 1.54) is 0 Å². The van der Waals surface area contributed by atoms with E-state index < -0.39 is 5.97 Å². The summed E-state index contributed by atoms with van der Waals surface area (Å²) in [7, 11) is 0. The summed E-state index contributed by atoms with van der Waals surface area (Å²) < 4.78 is 0. The predicted octanol–water partition coefficient (Wildman–Crippen LogP) is 0.685. The van der Waals surface area contributed by atoms with E-state index in [0.717, 1.165) is 30.3 Å². The molecular weight excluding hydrogens is 206 g/mol. The number of anilines is 1. The van der Waals surface area contributed by atoms with Crippen molar-refractivity contribution in [3.8, 4) is 0 Å². The maximum absolute atomic E-state index is 10.5. The topological polar surface area (TPSA) is 73.7 Å². The van der Waals surface area contributed by atoms with Crippen LogP contribution in [0.4, 0.5) is 5.69 Å². The van der Waals surface area contributed by atoms with Crippen LogP contribution in [0.15, 0.2) is 29.3 Å². The molecule has 1 aromatic carbocycles. The van der Waals surface area contributed by atoms with E-state index in [0.29, 0.717) is 0 Å². The van der Waals surface area contributed by atoms with Gasteiger partial charge in [0.2, 0.25) is 0 Å². The van der Waals surface area contributed by atoms with Crippen molar-refractivity contribution < 1.29 is 9.90 Å². The fourth-order valence-electron chi connectivity index (χ4n) is 1.50. The van der Waals surface area contributed by atoms with Crippen molar-refractivity contribution in [2.24, 2.45) is 4.99 Å². The average molecular weight is 219 g/mol. The monoisotopic (exact) mass is 219 g/mol. The Morgan fingerprint density at radius 3 is 2.75 bits per heavy atom. The van der Waals surface area contributed by atoms with Crippen LogP contribution in [0.2, 0.25) is 0 Å². The molecule has 16 heavy (non-hydrogen) atoms. The van der Waals surface area contributed by atoms with Gasteiger partial charge in [-0.3, -0.25) is 9.79 Å². The zero-order valence-corrected chi connectivity index (χ0v) is 8.73. The van der Waals surface area contributed by atoms with E-state index in [4.69, 9.17) is 5.11 Å². The molecule has 0 atom stereocenters. The molecular formula is C11H13N3O2. The highest BCUT2D eigenvalue weighted by molar-refractivity contribution is 5.94. The van der Waals surface area contributed by atoms with Gasteiger partial charge in [-0.25, -0.2) is 0 Å². The summed E-state index contributed by atoms with van der Waals surface area (Å²) in [5.74, 6) is -0.0477. The minimum Gasteiger partial charge on any atom is -0.481 e. The van der Waals surface area contributed by atoms with Crippen molar-refractivity contribution in [3.05, 3.63) is 29.8 Å². The van der Waals surface area contributed by atoms with Gasteiger partial charge < -0.3 is 15.7 Å². The molecule has 2 rings (SSSR count). The molecule has 5 nitrogen and oxygen atoms in total. The highest BCUT2D eigenvalue weighted by atomic mass is 16.4. The van der Waals surface area contributed by atoms with Crippen LogP contribution in [0.25, 0.3) is 0 Å². The number of rotatable bonds is 3. The number of guanidine groups is 1. The maximum Gasteiger partial charge on any atom is 0.307 e. The van der Waals surface area contributed by atoms with E-state index in [9.17, 15) is 4.79 Å². The normalized spacial score (nSPS) is 14.1. The lowest BCUT2D eigenvalue weighted by atomic mass is 10.1. The molecule has 5 heteroatoms. The molecule has 0 saturated carbocycles. The fraction of sp³-hybridized carbons (Fsp3) is 0.273. The molecule has 0 bridgehead atoms. The zero-order valence-electron chi connectivity index (χ0n) is 8.73. The number of hydrogen-bond acceptors (Lipinski definition) is 4. The van der Waals surface area contributed by atoms with Gasteiger partial charge in [-0.1, -0.05) is 12.1 Å². The number of carbonyl (C=O) groups is 1. The second-order valence-corrected chi connectivity index (χ2v) is 3.55. The first-order chi connectivity index (χ1) is 7.74. The fourth-order valence-corrected chi connectivity index (χ4v) is 1.50. The van der Waals surface area contributed by atoms with Crippen molar-refractivity contribution in [3.63, 3.8) is 0 Å². The SMILES string of the molecule is O=C(O)Cc1ccc(NC2=NCCN2)cc1. The van der Waals surface area contributed by atoms with Crippen molar-refractivity contribution >= 4 is 17.6 Å². The summed E-state index contributed by atoms with van der Waals surface area (Å²) in [5.41, 5.74) is 1.70. The molecule has 0 amide bonds.